The average Bonchev–Trinajstić information content (AvgIpc) is 3.05. The third kappa shape index (κ3) is 7.50. The number of para-hydroxylation sites is 1. The number of hydrogen-bond donors (Lipinski definition) is 1. The zero-order valence-electron chi connectivity index (χ0n) is 24.6. The van der Waals surface area contributed by atoms with Gasteiger partial charge in [0.05, 0.1) is 24.8 Å². The van der Waals surface area contributed by atoms with E-state index in [0.717, 1.165) is 9.87 Å². The average molecular weight is 636 g/mol. The van der Waals surface area contributed by atoms with Crippen LogP contribution >= 0.6 is 11.6 Å². The lowest BCUT2D eigenvalue weighted by Crippen LogP contribution is -2.53. The Balaban J connectivity index is 1.80. The third-order valence-electron chi connectivity index (χ3n) is 7.08. The summed E-state index contributed by atoms with van der Waals surface area (Å²) in [5.41, 5.74) is 1.71. The van der Waals surface area contributed by atoms with Crippen LogP contribution in [0, 0.1) is 0 Å². The van der Waals surface area contributed by atoms with E-state index in [1.54, 1.807) is 54.6 Å². The van der Waals surface area contributed by atoms with E-state index in [9.17, 15) is 18.0 Å². The molecule has 2 amide bonds. The lowest BCUT2D eigenvalue weighted by atomic mass is 10.0. The topological polar surface area (TPSA) is 105 Å². The molecule has 0 bridgehead atoms. The van der Waals surface area contributed by atoms with Crippen molar-refractivity contribution in [1.82, 2.24) is 10.2 Å². The van der Waals surface area contributed by atoms with Crippen LogP contribution in [0.1, 0.15) is 11.1 Å². The summed E-state index contributed by atoms with van der Waals surface area (Å²) in [5.74, 6) is -0.421. The fourth-order valence-corrected chi connectivity index (χ4v) is 6.38. The van der Waals surface area contributed by atoms with Crippen molar-refractivity contribution in [2.75, 3.05) is 32.1 Å². The fraction of sp³-hybridized carbons (Fsp3) is 0.212. The van der Waals surface area contributed by atoms with Crippen LogP contribution in [0.5, 0.6) is 11.5 Å². The summed E-state index contributed by atoms with van der Waals surface area (Å²) >= 11 is 6.49. The highest BCUT2D eigenvalue weighted by Gasteiger charge is 2.35. The first-order valence-corrected chi connectivity index (χ1v) is 15.6. The van der Waals surface area contributed by atoms with Gasteiger partial charge in [-0.25, -0.2) is 8.42 Å². The molecule has 0 fully saturated rings. The highest BCUT2D eigenvalue weighted by Crippen LogP contribution is 2.32. The van der Waals surface area contributed by atoms with Crippen molar-refractivity contribution in [3.8, 4) is 11.5 Å². The van der Waals surface area contributed by atoms with Crippen LogP contribution in [0.15, 0.2) is 108 Å². The number of halogens is 1. The van der Waals surface area contributed by atoms with Crippen LogP contribution in [0.3, 0.4) is 0 Å². The van der Waals surface area contributed by atoms with E-state index in [-0.39, 0.29) is 29.3 Å². The Hall–Kier alpha value is -4.54. The Kier molecular flexibility index (Phi) is 10.9. The van der Waals surface area contributed by atoms with Gasteiger partial charge in [-0.3, -0.25) is 13.9 Å². The molecule has 4 aromatic rings. The van der Waals surface area contributed by atoms with Gasteiger partial charge in [-0.2, -0.15) is 0 Å². The Morgan fingerprint density at radius 1 is 0.841 bits per heavy atom. The van der Waals surface area contributed by atoms with Crippen molar-refractivity contribution < 1.29 is 27.5 Å². The van der Waals surface area contributed by atoms with E-state index in [1.807, 2.05) is 30.3 Å². The third-order valence-corrected chi connectivity index (χ3v) is 9.22. The molecule has 4 aromatic carbocycles. The maximum absolute atomic E-state index is 14.3. The van der Waals surface area contributed by atoms with Gasteiger partial charge in [0.25, 0.3) is 10.0 Å². The summed E-state index contributed by atoms with van der Waals surface area (Å²) in [6, 6.07) is 27.9. The van der Waals surface area contributed by atoms with Gasteiger partial charge < -0.3 is 19.7 Å². The molecule has 11 heteroatoms. The molecule has 0 aliphatic carbocycles. The van der Waals surface area contributed by atoms with Crippen molar-refractivity contribution in [3.05, 3.63) is 119 Å². The van der Waals surface area contributed by atoms with Gasteiger partial charge in [0.2, 0.25) is 11.8 Å². The van der Waals surface area contributed by atoms with Crippen LogP contribution in [0.25, 0.3) is 0 Å². The molecule has 1 atom stereocenters. The Morgan fingerprint density at radius 3 is 2.07 bits per heavy atom. The molecule has 0 saturated carbocycles. The number of sulfonamides is 1. The highest BCUT2D eigenvalue weighted by molar-refractivity contribution is 7.92. The molecule has 0 spiro atoms. The minimum atomic E-state index is -4.31. The number of carbonyl (C=O) groups is 2. The monoisotopic (exact) mass is 635 g/mol. The predicted octanol–water partition coefficient (Wildman–Crippen LogP) is 4.94. The summed E-state index contributed by atoms with van der Waals surface area (Å²) in [4.78, 5) is 29.0. The molecule has 0 aliphatic heterocycles. The lowest BCUT2D eigenvalue weighted by molar-refractivity contribution is -0.139. The molecule has 0 saturated heterocycles. The maximum atomic E-state index is 14.3. The number of benzene rings is 4. The number of anilines is 1. The zero-order valence-corrected chi connectivity index (χ0v) is 26.2. The van der Waals surface area contributed by atoms with Gasteiger partial charge >= 0.3 is 0 Å². The smallest absolute Gasteiger partial charge is 0.264 e. The van der Waals surface area contributed by atoms with E-state index in [2.05, 4.69) is 5.32 Å². The first kappa shape index (κ1) is 32.4. The van der Waals surface area contributed by atoms with E-state index < -0.39 is 34.4 Å². The summed E-state index contributed by atoms with van der Waals surface area (Å²) < 4.78 is 40.0. The molecule has 0 unspecified atom stereocenters. The summed E-state index contributed by atoms with van der Waals surface area (Å²) in [5, 5.41) is 3.08. The number of methoxy groups -OCH3 is 2. The Labute approximate surface area is 263 Å². The van der Waals surface area contributed by atoms with Crippen LogP contribution in [0.4, 0.5) is 5.69 Å². The summed E-state index contributed by atoms with van der Waals surface area (Å²) in [6.07, 6.45) is 0.199. The van der Waals surface area contributed by atoms with Gasteiger partial charge in [-0.05, 0) is 41.5 Å². The second-order valence-electron chi connectivity index (χ2n) is 9.80. The van der Waals surface area contributed by atoms with Gasteiger partial charge in [0.15, 0.2) is 11.5 Å². The molecule has 0 heterocycles. The normalized spacial score (nSPS) is 11.7. The van der Waals surface area contributed by atoms with E-state index in [4.69, 9.17) is 21.1 Å². The molecule has 44 heavy (non-hydrogen) atoms. The first-order valence-electron chi connectivity index (χ1n) is 13.8. The molecule has 1 N–H and O–H groups in total. The predicted molar refractivity (Wildman–Crippen MR) is 171 cm³/mol. The van der Waals surface area contributed by atoms with E-state index in [1.165, 1.54) is 44.4 Å². The van der Waals surface area contributed by atoms with E-state index in [0.29, 0.717) is 16.3 Å². The van der Waals surface area contributed by atoms with Crippen LogP contribution in [-0.2, 0) is 32.6 Å². The molecule has 230 valence electrons. The molecular weight excluding hydrogens is 602 g/mol. The number of hydrogen-bond acceptors (Lipinski definition) is 6. The van der Waals surface area contributed by atoms with Crippen LogP contribution in [-0.4, -0.2) is 59.0 Å². The van der Waals surface area contributed by atoms with Crippen molar-refractivity contribution in [1.29, 1.82) is 0 Å². The van der Waals surface area contributed by atoms with Crippen LogP contribution < -0.4 is 19.1 Å². The summed E-state index contributed by atoms with van der Waals surface area (Å²) in [6.45, 7) is -0.615. The quantitative estimate of drug-likeness (QED) is 0.223. The van der Waals surface area contributed by atoms with Gasteiger partial charge in [0.1, 0.15) is 12.6 Å². The lowest BCUT2D eigenvalue weighted by Gasteiger charge is -2.33. The molecular formula is C33H34ClN3O6S. The fourth-order valence-electron chi connectivity index (χ4n) is 4.76. The number of nitrogens with one attached hydrogen (secondary N) is 1. The standard InChI is InChI=1S/C33H34ClN3O6S/c1-35-33(39)29(20-24-12-6-4-7-13-24)36(22-25-14-10-11-17-28(25)34)32(38)23-37(26-15-8-5-9-16-26)44(40,41)27-18-19-30(42-2)31(21-27)43-3/h4-19,21,29H,20,22-23H2,1-3H3,(H,35,39)/t29-/m0/s1. The maximum Gasteiger partial charge on any atom is 0.264 e. The number of likely N-dealkylation sites (N-methyl/N-ethyl adjacent to an activating group) is 1. The first-order chi connectivity index (χ1) is 21.2. The Bertz CT molecular complexity index is 1690. The van der Waals surface area contributed by atoms with Crippen molar-refractivity contribution in [2.24, 2.45) is 0 Å². The second-order valence-corrected chi connectivity index (χ2v) is 12.1. The van der Waals surface area contributed by atoms with Crippen molar-refractivity contribution in [3.63, 3.8) is 0 Å². The molecule has 9 nitrogen and oxygen atoms in total. The Morgan fingerprint density at radius 2 is 1.45 bits per heavy atom. The molecule has 0 aliphatic rings. The van der Waals surface area contributed by atoms with Crippen molar-refractivity contribution in [2.45, 2.75) is 23.9 Å². The number of nitrogens with zero attached hydrogens (tertiary/aromatic N) is 2. The number of rotatable bonds is 13. The molecule has 4 rings (SSSR count). The highest BCUT2D eigenvalue weighted by atomic mass is 35.5. The minimum absolute atomic E-state index is 0.0253. The van der Waals surface area contributed by atoms with Gasteiger partial charge in [0, 0.05) is 31.1 Å². The van der Waals surface area contributed by atoms with Crippen LogP contribution in [0.2, 0.25) is 5.02 Å². The number of ether oxygens (including phenoxy) is 2. The van der Waals surface area contributed by atoms with Gasteiger partial charge in [-0.1, -0.05) is 78.3 Å². The second kappa shape index (κ2) is 14.8. The largest absolute Gasteiger partial charge is 0.493 e. The molecule has 0 radical (unpaired) electrons. The zero-order chi connectivity index (χ0) is 31.7. The van der Waals surface area contributed by atoms with Crippen molar-refractivity contribution >= 4 is 39.1 Å². The SMILES string of the molecule is CNC(=O)[C@H](Cc1ccccc1)N(Cc1ccccc1Cl)C(=O)CN(c1ccccc1)S(=O)(=O)c1ccc(OC)c(OC)c1. The number of carbonyl (C=O) groups excluding carboxylic acids is 2. The minimum Gasteiger partial charge on any atom is -0.493 e. The van der Waals surface area contributed by atoms with Gasteiger partial charge in [-0.15, -0.1) is 0 Å². The van der Waals surface area contributed by atoms with E-state index >= 15 is 0 Å². The summed E-state index contributed by atoms with van der Waals surface area (Å²) in [7, 11) is 0.0472. The molecule has 0 aromatic heterocycles. The number of amides is 2.